The second-order valence-corrected chi connectivity index (χ2v) is 5.61. The van der Waals surface area contributed by atoms with E-state index < -0.39 is 0 Å². The quantitative estimate of drug-likeness (QED) is 0.525. The predicted molar refractivity (Wildman–Crippen MR) is 85.8 cm³/mol. The van der Waals surface area contributed by atoms with E-state index >= 15 is 0 Å². The second-order valence-electron chi connectivity index (χ2n) is 5.61. The van der Waals surface area contributed by atoms with E-state index in [1.807, 2.05) is 19.1 Å². The lowest BCUT2D eigenvalue weighted by Gasteiger charge is -2.21. The summed E-state index contributed by atoms with van der Waals surface area (Å²) in [5.41, 5.74) is 2.58. The Morgan fingerprint density at radius 3 is 2.30 bits per heavy atom. The third kappa shape index (κ3) is 6.88. The molecule has 1 fully saturated rings. The van der Waals surface area contributed by atoms with Gasteiger partial charge >= 0.3 is 0 Å². The number of allylic oxidation sites excluding steroid dienone is 4. The molecule has 0 amide bonds. The molecule has 0 aromatic heterocycles. The lowest BCUT2D eigenvalue weighted by atomic mass is 9.83. The Kier molecular flexibility index (Phi) is 8.24. The van der Waals surface area contributed by atoms with Gasteiger partial charge in [0.15, 0.2) is 0 Å². The summed E-state index contributed by atoms with van der Waals surface area (Å²) in [4.78, 5) is 0. The van der Waals surface area contributed by atoms with Crippen molar-refractivity contribution < 1.29 is 9.47 Å². The van der Waals surface area contributed by atoms with Crippen LogP contribution in [0.5, 0.6) is 0 Å². The minimum absolute atomic E-state index is 0.819. The van der Waals surface area contributed by atoms with Gasteiger partial charge < -0.3 is 9.47 Å². The zero-order valence-electron chi connectivity index (χ0n) is 12.9. The van der Waals surface area contributed by atoms with E-state index in [4.69, 9.17) is 9.47 Å². The van der Waals surface area contributed by atoms with Gasteiger partial charge in [-0.1, -0.05) is 48.6 Å². The van der Waals surface area contributed by atoms with Crippen molar-refractivity contribution in [3.63, 3.8) is 0 Å². The Hall–Kier alpha value is -1.12. The maximum absolute atomic E-state index is 5.41. The molecule has 2 aliphatic heterocycles. The summed E-state index contributed by atoms with van der Waals surface area (Å²) < 4.78 is 10.2. The number of fused-ring (bicyclic) bond motifs is 1. The fourth-order valence-electron chi connectivity index (χ4n) is 2.32. The molecule has 0 aromatic rings. The standard InChI is InChI=1S/C9H14O.C5H8.C4H6O/c1-7-2-3-8-5-10-6-9(8)4-7;1-4-5(2)3;1-2-4-5-3-1/h2,8-9H,3-6H2,1H3;4H,1-2H2,3H3;1-2H,3-4H2. The summed E-state index contributed by atoms with van der Waals surface area (Å²) in [6.07, 6.45) is 10.7. The minimum atomic E-state index is 0.819. The summed E-state index contributed by atoms with van der Waals surface area (Å²) in [5.74, 6) is 1.70. The number of hydrogen-bond acceptors (Lipinski definition) is 2. The van der Waals surface area contributed by atoms with Gasteiger partial charge in [-0.05, 0) is 38.5 Å². The maximum Gasteiger partial charge on any atom is 0.0652 e. The average molecular weight is 276 g/mol. The molecule has 2 atom stereocenters. The topological polar surface area (TPSA) is 18.5 Å². The van der Waals surface area contributed by atoms with Crippen molar-refractivity contribution in [1.29, 1.82) is 0 Å². The highest BCUT2D eigenvalue weighted by molar-refractivity contribution is 5.07. The van der Waals surface area contributed by atoms with Gasteiger partial charge in [-0.15, -0.1) is 0 Å². The van der Waals surface area contributed by atoms with E-state index in [2.05, 4.69) is 26.2 Å². The van der Waals surface area contributed by atoms with Gasteiger partial charge in [-0.3, -0.25) is 0 Å². The van der Waals surface area contributed by atoms with Crippen LogP contribution in [0.2, 0.25) is 0 Å². The van der Waals surface area contributed by atoms with Crippen molar-refractivity contribution in [2.24, 2.45) is 11.8 Å². The molecule has 3 rings (SSSR count). The van der Waals surface area contributed by atoms with Crippen LogP contribution in [0.1, 0.15) is 26.7 Å². The van der Waals surface area contributed by atoms with Crippen molar-refractivity contribution in [3.8, 4) is 0 Å². The third-order valence-corrected chi connectivity index (χ3v) is 3.63. The van der Waals surface area contributed by atoms with Crippen LogP contribution in [-0.4, -0.2) is 26.4 Å². The molecule has 0 spiro atoms. The van der Waals surface area contributed by atoms with Gasteiger partial charge in [0.25, 0.3) is 0 Å². The van der Waals surface area contributed by atoms with E-state index in [0.717, 1.165) is 43.8 Å². The summed E-state index contributed by atoms with van der Waals surface area (Å²) in [6, 6.07) is 0. The third-order valence-electron chi connectivity index (χ3n) is 3.63. The van der Waals surface area contributed by atoms with E-state index in [1.165, 1.54) is 12.8 Å². The Balaban J connectivity index is 0.000000170. The van der Waals surface area contributed by atoms with Crippen LogP contribution in [0.3, 0.4) is 0 Å². The largest absolute Gasteiger partial charge is 0.381 e. The fourth-order valence-corrected chi connectivity index (χ4v) is 2.32. The van der Waals surface area contributed by atoms with Gasteiger partial charge in [0, 0.05) is 0 Å². The molecule has 0 saturated carbocycles. The van der Waals surface area contributed by atoms with Crippen LogP contribution >= 0.6 is 0 Å². The molecule has 2 unspecified atom stereocenters. The van der Waals surface area contributed by atoms with Crippen LogP contribution in [0.15, 0.2) is 48.6 Å². The molecule has 2 heteroatoms. The van der Waals surface area contributed by atoms with Crippen LogP contribution in [-0.2, 0) is 9.47 Å². The zero-order valence-corrected chi connectivity index (χ0v) is 12.9. The van der Waals surface area contributed by atoms with Crippen molar-refractivity contribution in [2.75, 3.05) is 26.4 Å². The molecule has 1 aliphatic carbocycles. The van der Waals surface area contributed by atoms with Crippen LogP contribution < -0.4 is 0 Å². The highest BCUT2D eigenvalue weighted by Gasteiger charge is 2.29. The van der Waals surface area contributed by atoms with Gasteiger partial charge in [0.05, 0.1) is 26.4 Å². The minimum Gasteiger partial charge on any atom is -0.381 e. The van der Waals surface area contributed by atoms with Crippen LogP contribution in [0.25, 0.3) is 0 Å². The van der Waals surface area contributed by atoms with Gasteiger partial charge in [0.2, 0.25) is 0 Å². The second kappa shape index (κ2) is 9.73. The molecular formula is C18H28O2. The molecular weight excluding hydrogens is 248 g/mol. The smallest absolute Gasteiger partial charge is 0.0652 e. The molecule has 3 aliphatic rings. The van der Waals surface area contributed by atoms with Crippen LogP contribution in [0.4, 0.5) is 0 Å². The molecule has 1 saturated heterocycles. The first-order valence-electron chi connectivity index (χ1n) is 7.37. The molecule has 2 heterocycles. The van der Waals surface area contributed by atoms with Crippen molar-refractivity contribution >= 4 is 0 Å². The zero-order chi connectivity index (χ0) is 14.8. The normalized spacial score (nSPS) is 26.4. The highest BCUT2D eigenvalue weighted by Crippen LogP contribution is 2.33. The first-order valence-corrected chi connectivity index (χ1v) is 7.37. The van der Waals surface area contributed by atoms with E-state index in [-0.39, 0.29) is 0 Å². The van der Waals surface area contributed by atoms with E-state index in [1.54, 1.807) is 11.6 Å². The Morgan fingerprint density at radius 2 is 1.80 bits per heavy atom. The first kappa shape index (κ1) is 16.9. The lowest BCUT2D eigenvalue weighted by Crippen LogP contribution is -2.15. The van der Waals surface area contributed by atoms with E-state index in [9.17, 15) is 0 Å². The summed E-state index contributed by atoms with van der Waals surface area (Å²) in [7, 11) is 0. The monoisotopic (exact) mass is 276 g/mol. The summed E-state index contributed by atoms with van der Waals surface area (Å²) >= 11 is 0. The molecule has 112 valence electrons. The van der Waals surface area contributed by atoms with Gasteiger partial charge in [-0.2, -0.15) is 0 Å². The molecule has 0 radical (unpaired) electrons. The molecule has 20 heavy (non-hydrogen) atoms. The van der Waals surface area contributed by atoms with Gasteiger partial charge in [0.1, 0.15) is 0 Å². The van der Waals surface area contributed by atoms with Crippen LogP contribution in [0, 0.1) is 11.8 Å². The Bertz CT molecular complexity index is 360. The number of rotatable bonds is 1. The molecule has 0 N–H and O–H groups in total. The van der Waals surface area contributed by atoms with Crippen molar-refractivity contribution in [3.05, 3.63) is 48.6 Å². The molecule has 0 aromatic carbocycles. The van der Waals surface area contributed by atoms with E-state index in [0.29, 0.717) is 0 Å². The predicted octanol–water partition coefficient (Wildman–Crippen LogP) is 4.31. The molecule has 2 nitrogen and oxygen atoms in total. The summed E-state index contributed by atoms with van der Waals surface area (Å²) in [6.45, 7) is 14.8. The maximum atomic E-state index is 5.41. The first-order chi connectivity index (χ1) is 9.63. The number of hydrogen-bond donors (Lipinski definition) is 0. The molecule has 0 bridgehead atoms. The van der Waals surface area contributed by atoms with Crippen molar-refractivity contribution in [1.82, 2.24) is 0 Å². The number of ether oxygens (including phenoxy) is 2. The average Bonchev–Trinajstić information content (AvgIpc) is 3.13. The Labute approximate surface area is 123 Å². The van der Waals surface area contributed by atoms with Crippen molar-refractivity contribution in [2.45, 2.75) is 26.7 Å². The highest BCUT2D eigenvalue weighted by atomic mass is 16.5. The SMILES string of the molecule is C1=CCOC1.C=CC(=C)C.CC1=CCC2COCC2C1. The fraction of sp³-hybridized carbons (Fsp3) is 0.556. The summed E-state index contributed by atoms with van der Waals surface area (Å²) in [5, 5.41) is 0. The lowest BCUT2D eigenvalue weighted by molar-refractivity contribution is 0.181. The Morgan fingerprint density at radius 1 is 1.20 bits per heavy atom. The van der Waals surface area contributed by atoms with Gasteiger partial charge in [-0.25, -0.2) is 0 Å².